The van der Waals surface area contributed by atoms with Crippen molar-refractivity contribution in [2.24, 2.45) is 17.8 Å². The topological polar surface area (TPSA) is 60.7 Å². The molecule has 23 heavy (non-hydrogen) atoms. The van der Waals surface area contributed by atoms with Crippen LogP contribution in [-0.2, 0) is 0 Å². The van der Waals surface area contributed by atoms with Crippen LogP contribution in [0.4, 0.5) is 0 Å². The molecule has 0 heterocycles. The van der Waals surface area contributed by atoms with Crippen LogP contribution < -0.4 is 0 Å². The van der Waals surface area contributed by atoms with E-state index in [2.05, 4.69) is 18.7 Å². The molecule has 2 rings (SSSR count). The van der Waals surface area contributed by atoms with Crippen LogP contribution in [0.15, 0.2) is 35.5 Å². The number of allylic oxidation sites excluding steroid dienone is 3. The van der Waals surface area contributed by atoms with E-state index in [1.807, 2.05) is 20.8 Å². The second-order valence-electron chi connectivity index (χ2n) is 7.92. The quantitative estimate of drug-likeness (QED) is 0.696. The maximum Gasteiger partial charge on any atom is 0.0755 e. The molecule has 0 aromatic heterocycles. The zero-order valence-corrected chi connectivity index (χ0v) is 14.9. The molecule has 3 nitrogen and oxygen atoms in total. The van der Waals surface area contributed by atoms with Crippen molar-refractivity contribution in [2.45, 2.75) is 71.2 Å². The van der Waals surface area contributed by atoms with E-state index in [0.29, 0.717) is 12.8 Å². The number of aliphatic hydroxyl groups is 3. The van der Waals surface area contributed by atoms with Gasteiger partial charge in [-0.3, -0.25) is 0 Å². The van der Waals surface area contributed by atoms with Gasteiger partial charge in [-0.15, -0.1) is 0 Å². The highest BCUT2D eigenvalue weighted by Crippen LogP contribution is 2.48. The number of fused-ring (bicyclic) bond motifs is 1. The van der Waals surface area contributed by atoms with Crippen molar-refractivity contribution in [3.05, 3.63) is 35.5 Å². The largest absolute Gasteiger partial charge is 0.392 e. The molecule has 2 aliphatic rings. The monoisotopic (exact) mass is 320 g/mol. The molecule has 6 atom stereocenters. The van der Waals surface area contributed by atoms with Gasteiger partial charge in [-0.1, -0.05) is 29.9 Å². The normalized spacial score (nSPS) is 36.7. The Hall–Kier alpha value is -0.900. The Kier molecular flexibility index (Phi) is 5.55. The first kappa shape index (κ1) is 18.4. The molecule has 1 saturated carbocycles. The predicted molar refractivity (Wildman–Crippen MR) is 93.9 cm³/mol. The molecule has 0 aliphatic heterocycles. The van der Waals surface area contributed by atoms with Crippen molar-refractivity contribution >= 4 is 0 Å². The molecule has 3 heteroatoms. The van der Waals surface area contributed by atoms with Gasteiger partial charge in [0.1, 0.15) is 0 Å². The van der Waals surface area contributed by atoms with Gasteiger partial charge in [0.15, 0.2) is 0 Å². The molecule has 1 fully saturated rings. The third kappa shape index (κ3) is 3.78. The average molecular weight is 320 g/mol. The van der Waals surface area contributed by atoms with Gasteiger partial charge in [0.05, 0.1) is 17.8 Å². The van der Waals surface area contributed by atoms with Crippen LogP contribution in [0.25, 0.3) is 0 Å². The van der Waals surface area contributed by atoms with Crippen molar-refractivity contribution in [3.63, 3.8) is 0 Å². The molecular formula is C20H32O3. The van der Waals surface area contributed by atoms with Crippen LogP contribution >= 0.6 is 0 Å². The summed E-state index contributed by atoms with van der Waals surface area (Å²) in [5, 5.41) is 32.5. The lowest BCUT2D eigenvalue weighted by atomic mass is 9.74. The van der Waals surface area contributed by atoms with E-state index in [0.717, 1.165) is 24.0 Å². The van der Waals surface area contributed by atoms with Crippen LogP contribution in [0, 0.1) is 17.8 Å². The zero-order valence-electron chi connectivity index (χ0n) is 14.9. The van der Waals surface area contributed by atoms with Gasteiger partial charge in [-0.2, -0.15) is 0 Å². The molecule has 0 radical (unpaired) electrons. The number of hydrogen-bond acceptors (Lipinski definition) is 3. The first-order valence-corrected chi connectivity index (χ1v) is 8.72. The highest BCUT2D eigenvalue weighted by atomic mass is 16.3. The number of aliphatic hydroxyl groups excluding tert-OH is 2. The van der Waals surface area contributed by atoms with E-state index >= 15 is 0 Å². The average Bonchev–Trinajstić information content (AvgIpc) is 2.79. The SMILES string of the molecule is C=C1[C@H](O)C[C@@H]([C@@](C)(O)CCC=C(C)C)[C@@H](O)[C@@H]2C(C)=CC[C@@H]12. The minimum absolute atomic E-state index is 0.0282. The van der Waals surface area contributed by atoms with E-state index < -0.39 is 17.8 Å². The van der Waals surface area contributed by atoms with Crippen molar-refractivity contribution < 1.29 is 15.3 Å². The van der Waals surface area contributed by atoms with Crippen LogP contribution in [0.5, 0.6) is 0 Å². The maximum absolute atomic E-state index is 11.0. The van der Waals surface area contributed by atoms with Gasteiger partial charge in [0.2, 0.25) is 0 Å². The Morgan fingerprint density at radius 2 is 2.04 bits per heavy atom. The van der Waals surface area contributed by atoms with E-state index in [1.54, 1.807) is 6.92 Å². The van der Waals surface area contributed by atoms with Gasteiger partial charge in [-0.25, -0.2) is 0 Å². The Morgan fingerprint density at radius 3 is 2.65 bits per heavy atom. The maximum atomic E-state index is 11.0. The molecule has 3 N–H and O–H groups in total. The fraction of sp³-hybridized carbons (Fsp3) is 0.700. The fourth-order valence-corrected chi connectivity index (χ4v) is 4.29. The van der Waals surface area contributed by atoms with Crippen molar-refractivity contribution in [3.8, 4) is 0 Å². The lowest BCUT2D eigenvalue weighted by molar-refractivity contribution is -0.0859. The zero-order chi connectivity index (χ0) is 17.4. The Bertz CT molecular complexity index is 511. The van der Waals surface area contributed by atoms with Crippen LogP contribution in [-0.4, -0.2) is 33.1 Å². The summed E-state index contributed by atoms with van der Waals surface area (Å²) in [6.07, 6.45) is 5.51. The summed E-state index contributed by atoms with van der Waals surface area (Å²) in [7, 11) is 0. The Balaban J connectivity index is 2.24. The standard InChI is InChI=1S/C20H32O3/c1-12(2)7-6-10-20(5,23)16-11-17(21)14(4)15-9-8-13(3)18(15)19(16)22/h7-8,15-19,21-23H,4,6,9-11H2,1-3,5H3/t15-,16+,17+,18+,19+,20-/m0/s1. The molecule has 0 bridgehead atoms. The molecule has 0 aromatic rings. The number of hydrogen-bond donors (Lipinski definition) is 3. The first-order valence-electron chi connectivity index (χ1n) is 8.72. The van der Waals surface area contributed by atoms with E-state index in [4.69, 9.17) is 0 Å². The number of rotatable bonds is 4. The van der Waals surface area contributed by atoms with Gasteiger partial charge >= 0.3 is 0 Å². The van der Waals surface area contributed by atoms with Gasteiger partial charge < -0.3 is 15.3 Å². The fourth-order valence-electron chi connectivity index (χ4n) is 4.29. The smallest absolute Gasteiger partial charge is 0.0755 e. The lowest BCUT2D eigenvalue weighted by Crippen LogP contribution is -2.45. The van der Waals surface area contributed by atoms with Gasteiger partial charge in [0.25, 0.3) is 0 Å². The van der Waals surface area contributed by atoms with Crippen LogP contribution in [0.1, 0.15) is 53.4 Å². The summed E-state index contributed by atoms with van der Waals surface area (Å²) in [6, 6.07) is 0. The summed E-state index contributed by atoms with van der Waals surface area (Å²) in [5.41, 5.74) is 2.18. The summed E-state index contributed by atoms with van der Waals surface area (Å²) in [4.78, 5) is 0. The second kappa shape index (κ2) is 6.92. The molecule has 2 aliphatic carbocycles. The molecule has 0 unspecified atom stereocenters. The van der Waals surface area contributed by atoms with Crippen molar-refractivity contribution in [2.75, 3.05) is 0 Å². The molecule has 130 valence electrons. The highest BCUT2D eigenvalue weighted by Gasteiger charge is 2.48. The van der Waals surface area contributed by atoms with Crippen molar-refractivity contribution in [1.82, 2.24) is 0 Å². The van der Waals surface area contributed by atoms with Crippen LogP contribution in [0.3, 0.4) is 0 Å². The van der Waals surface area contributed by atoms with E-state index in [1.165, 1.54) is 5.57 Å². The van der Waals surface area contributed by atoms with E-state index in [-0.39, 0.29) is 17.8 Å². The summed E-state index contributed by atoms with van der Waals surface area (Å²) >= 11 is 0. The summed E-state index contributed by atoms with van der Waals surface area (Å²) in [5.74, 6) is -0.283. The molecular weight excluding hydrogens is 288 g/mol. The first-order chi connectivity index (χ1) is 10.6. The predicted octanol–water partition coefficient (Wildman–Crippen LogP) is 3.36. The molecule has 0 aromatic carbocycles. The molecule has 0 spiro atoms. The second-order valence-corrected chi connectivity index (χ2v) is 7.92. The lowest BCUT2D eigenvalue weighted by Gasteiger charge is -2.38. The summed E-state index contributed by atoms with van der Waals surface area (Å²) in [6.45, 7) is 12.0. The molecule has 0 saturated heterocycles. The summed E-state index contributed by atoms with van der Waals surface area (Å²) < 4.78 is 0. The van der Waals surface area contributed by atoms with Gasteiger partial charge in [-0.05, 0) is 64.9 Å². The minimum Gasteiger partial charge on any atom is -0.392 e. The van der Waals surface area contributed by atoms with Crippen molar-refractivity contribution in [1.29, 1.82) is 0 Å². The minimum atomic E-state index is -1.01. The Labute approximate surface area is 140 Å². The third-order valence-electron chi connectivity index (χ3n) is 5.82. The van der Waals surface area contributed by atoms with E-state index in [9.17, 15) is 15.3 Å². The Morgan fingerprint density at radius 1 is 1.39 bits per heavy atom. The van der Waals surface area contributed by atoms with Crippen LogP contribution in [0.2, 0.25) is 0 Å². The molecule has 0 amide bonds. The third-order valence-corrected chi connectivity index (χ3v) is 5.82. The van der Waals surface area contributed by atoms with Gasteiger partial charge in [0, 0.05) is 11.8 Å². The highest BCUT2D eigenvalue weighted by molar-refractivity contribution is 5.27.